The number of carbonyl (C=O) groups excluding carboxylic acids is 3. The molecular formula is C22H24Cl2N6O7S2. The molecule has 0 spiro atoms. The van der Waals surface area contributed by atoms with Crippen molar-refractivity contribution in [3.63, 3.8) is 0 Å². The summed E-state index contributed by atoms with van der Waals surface area (Å²) < 4.78 is 1.78. The Morgan fingerprint density at radius 2 is 1.97 bits per heavy atom. The Morgan fingerprint density at radius 3 is 2.54 bits per heavy atom. The lowest BCUT2D eigenvalue weighted by molar-refractivity contribution is -0.689. The van der Waals surface area contributed by atoms with Crippen molar-refractivity contribution in [2.75, 3.05) is 11.5 Å². The van der Waals surface area contributed by atoms with Gasteiger partial charge in [-0.3, -0.25) is 14.5 Å². The number of carboxylic acids is 2. The van der Waals surface area contributed by atoms with Crippen LogP contribution < -0.4 is 20.7 Å². The Kier molecular flexibility index (Phi) is 10.3. The second kappa shape index (κ2) is 12.6. The molecule has 2 aliphatic heterocycles. The largest absolute Gasteiger partial charge is 0.543 e. The third-order valence-corrected chi connectivity index (χ3v) is 7.55. The van der Waals surface area contributed by atoms with Gasteiger partial charge >= 0.3 is 5.97 Å². The molecule has 0 bridgehead atoms. The highest BCUT2D eigenvalue weighted by atomic mass is 35.5. The zero-order valence-corrected chi connectivity index (χ0v) is 23.7. The van der Waals surface area contributed by atoms with Gasteiger partial charge < -0.3 is 30.9 Å². The quantitative estimate of drug-likeness (QED) is 0.143. The molecule has 0 radical (unpaired) electrons. The average molecular weight is 620 g/mol. The van der Waals surface area contributed by atoms with Gasteiger partial charge in [0.05, 0.1) is 11.7 Å². The van der Waals surface area contributed by atoms with Gasteiger partial charge in [0.25, 0.3) is 11.8 Å². The number of nitrogens with zero attached hydrogens (tertiary/aromatic N) is 4. The maximum atomic E-state index is 13.1. The topological polar surface area (TPSA) is 191 Å². The van der Waals surface area contributed by atoms with E-state index in [2.05, 4.69) is 15.5 Å². The number of oxime groups is 1. The van der Waals surface area contributed by atoms with Crippen molar-refractivity contribution < 1.29 is 38.8 Å². The molecule has 2 aromatic rings. The second-order valence-electron chi connectivity index (χ2n) is 8.57. The molecule has 0 aromatic carbocycles. The first-order chi connectivity index (χ1) is 17.5. The van der Waals surface area contributed by atoms with E-state index >= 15 is 0 Å². The van der Waals surface area contributed by atoms with Gasteiger partial charge in [0.1, 0.15) is 17.1 Å². The molecule has 4 heterocycles. The normalized spacial score (nSPS) is 18.7. The highest BCUT2D eigenvalue weighted by Crippen LogP contribution is 2.40. The van der Waals surface area contributed by atoms with Crippen LogP contribution >= 0.6 is 47.9 Å². The third kappa shape index (κ3) is 6.61. The van der Waals surface area contributed by atoms with Crippen molar-refractivity contribution in [1.82, 2.24) is 15.2 Å². The first-order valence-electron chi connectivity index (χ1n) is 10.8. The maximum Gasteiger partial charge on any atom is 0.350 e. The Balaban J connectivity index is 0.00000267. The number of thiazole rings is 1. The number of nitrogens with one attached hydrogen (secondary N) is 1. The number of nitrogen functional groups attached to an aromatic ring is 1. The highest BCUT2D eigenvalue weighted by Gasteiger charge is 2.53. The Labute approximate surface area is 242 Å². The van der Waals surface area contributed by atoms with Crippen LogP contribution in [0.1, 0.15) is 19.5 Å². The summed E-state index contributed by atoms with van der Waals surface area (Å²) >= 11 is 2.32. The smallest absolute Gasteiger partial charge is 0.350 e. The molecule has 2 aliphatic rings. The number of aliphatic carboxylic acids is 2. The molecule has 2 amide bonds. The van der Waals surface area contributed by atoms with Gasteiger partial charge in [-0.1, -0.05) is 11.2 Å². The fraction of sp³-hybridized carbons (Fsp3) is 0.318. The minimum absolute atomic E-state index is 0. The summed E-state index contributed by atoms with van der Waals surface area (Å²) in [5.74, 6) is -4.01. The molecule has 2 atom stereocenters. The molecule has 39 heavy (non-hydrogen) atoms. The number of β-lactam (4-membered cyclic amide) rings is 1. The summed E-state index contributed by atoms with van der Waals surface area (Å²) in [6.45, 7) is 2.74. The van der Waals surface area contributed by atoms with Crippen LogP contribution in [0.2, 0.25) is 0 Å². The number of rotatable bonds is 9. The molecule has 4 rings (SSSR count). The van der Waals surface area contributed by atoms with Crippen LogP contribution in [0.4, 0.5) is 5.13 Å². The van der Waals surface area contributed by atoms with Gasteiger partial charge in [-0.05, 0) is 13.8 Å². The van der Waals surface area contributed by atoms with Crippen LogP contribution in [-0.2, 0) is 30.6 Å². The number of carbonyl (C=O) groups is 4. The number of carboxylic acid groups (broad SMARTS) is 2. The van der Waals surface area contributed by atoms with Crippen LogP contribution in [0.5, 0.6) is 0 Å². The van der Waals surface area contributed by atoms with E-state index in [4.69, 9.17) is 10.6 Å². The van der Waals surface area contributed by atoms with Crippen molar-refractivity contribution in [3.05, 3.63) is 52.9 Å². The first-order valence-corrected chi connectivity index (χ1v) is 12.8. The third-order valence-electron chi connectivity index (χ3n) is 5.54. The van der Waals surface area contributed by atoms with Crippen molar-refractivity contribution in [2.45, 2.75) is 37.4 Å². The highest BCUT2D eigenvalue weighted by molar-refractivity contribution is 8.00. The van der Waals surface area contributed by atoms with Crippen molar-refractivity contribution in [2.24, 2.45) is 5.16 Å². The van der Waals surface area contributed by atoms with Gasteiger partial charge in [-0.2, -0.15) is 0 Å². The number of aromatic nitrogens is 2. The van der Waals surface area contributed by atoms with Gasteiger partial charge in [0, 0.05) is 28.8 Å². The van der Waals surface area contributed by atoms with E-state index in [1.54, 1.807) is 29.1 Å². The van der Waals surface area contributed by atoms with E-state index in [1.165, 1.54) is 31.0 Å². The monoisotopic (exact) mass is 618 g/mol. The number of nitrogens with two attached hydrogens (primary N) is 1. The Hall–Kier alpha value is -3.40. The molecule has 1 fully saturated rings. The summed E-state index contributed by atoms with van der Waals surface area (Å²) in [6, 6.07) is 4.36. The maximum absolute atomic E-state index is 13.1. The molecule has 17 heteroatoms. The van der Waals surface area contributed by atoms with Crippen LogP contribution in [0, 0.1) is 0 Å². The van der Waals surface area contributed by atoms with E-state index < -0.39 is 40.8 Å². The Morgan fingerprint density at radius 1 is 1.31 bits per heavy atom. The zero-order valence-electron chi connectivity index (χ0n) is 20.4. The zero-order chi connectivity index (χ0) is 26.9. The first kappa shape index (κ1) is 31.8. The predicted molar refractivity (Wildman–Crippen MR) is 144 cm³/mol. The average Bonchev–Trinajstić information content (AvgIpc) is 3.28. The van der Waals surface area contributed by atoms with Crippen LogP contribution in [-0.4, -0.2) is 67.2 Å². The van der Waals surface area contributed by atoms with E-state index in [9.17, 15) is 29.4 Å². The summed E-state index contributed by atoms with van der Waals surface area (Å²) in [7, 11) is 0. The molecule has 2 aromatic heterocycles. The molecule has 0 aliphatic carbocycles. The number of hydrogen-bond acceptors (Lipinski definition) is 11. The number of thioether (sulfide) groups is 1. The van der Waals surface area contributed by atoms with Crippen LogP contribution in [0.3, 0.4) is 0 Å². The minimum atomic E-state index is -1.75. The fourth-order valence-corrected chi connectivity index (χ4v) is 5.45. The SMILES string of the molecule is CC(C)(ON=C(C(=O)NC1C(=O)N2C(C(=O)[O-])=C(C[n+]3ccccc3)CS[C@@H]12)c1csc(N)n1)C(=O)O.Cl.Cl. The molecule has 210 valence electrons. The van der Waals surface area contributed by atoms with E-state index in [1.807, 2.05) is 6.07 Å². The number of fused-ring (bicyclic) bond motifs is 1. The molecule has 1 unspecified atom stereocenters. The number of pyridine rings is 1. The summed E-state index contributed by atoms with van der Waals surface area (Å²) in [4.78, 5) is 59.6. The summed E-state index contributed by atoms with van der Waals surface area (Å²) in [5, 5.41) is 28.4. The van der Waals surface area contributed by atoms with E-state index in [-0.39, 0.29) is 53.6 Å². The molecular weight excluding hydrogens is 595 g/mol. The molecule has 0 saturated carbocycles. The minimum Gasteiger partial charge on any atom is -0.543 e. The van der Waals surface area contributed by atoms with Crippen LogP contribution in [0.15, 0.2) is 52.4 Å². The molecule has 13 nitrogen and oxygen atoms in total. The lowest BCUT2D eigenvalue weighted by atomic mass is 10.0. The fourth-order valence-electron chi connectivity index (χ4n) is 3.56. The van der Waals surface area contributed by atoms with Gasteiger partial charge in [0.15, 0.2) is 29.8 Å². The van der Waals surface area contributed by atoms with Crippen LogP contribution in [0.25, 0.3) is 0 Å². The summed E-state index contributed by atoms with van der Waals surface area (Å²) in [6.07, 6.45) is 3.55. The van der Waals surface area contributed by atoms with Gasteiger partial charge in [0.2, 0.25) is 5.60 Å². The Bertz CT molecular complexity index is 1340. The molecule has 4 N–H and O–H groups in total. The lowest BCUT2D eigenvalue weighted by Crippen LogP contribution is -2.71. The van der Waals surface area contributed by atoms with E-state index in [0.29, 0.717) is 11.3 Å². The van der Waals surface area contributed by atoms with Crippen molar-refractivity contribution in [1.29, 1.82) is 0 Å². The number of hydrogen-bond donors (Lipinski definition) is 3. The number of halogens is 2. The van der Waals surface area contributed by atoms with E-state index in [0.717, 1.165) is 16.2 Å². The predicted octanol–water partition coefficient (Wildman–Crippen LogP) is -0.456. The van der Waals surface area contributed by atoms with Crippen molar-refractivity contribution in [3.8, 4) is 0 Å². The van der Waals surface area contributed by atoms with Gasteiger partial charge in [-0.25, -0.2) is 14.3 Å². The standard InChI is InChI=1S/C22H22N6O7S2.2ClH/c1-22(2,20(33)34)35-26-13(12-10-37-21(23)24-12)16(29)25-14-17(30)28-15(19(31)32)11(9-36-18(14)28)8-27-6-4-3-5-7-27;;/h3-7,10,14,18H,8-9H2,1-2H3,(H4-,23,24,25,29,31,32,33,34);2*1H/t14?,18-;;/m0../s1. The molecule has 1 saturated heterocycles. The summed E-state index contributed by atoms with van der Waals surface area (Å²) in [5.41, 5.74) is 3.83. The lowest BCUT2D eigenvalue weighted by Gasteiger charge is -2.50. The second-order valence-corrected chi connectivity index (χ2v) is 10.6. The van der Waals surface area contributed by atoms with Crippen molar-refractivity contribution >= 4 is 82.5 Å². The van der Waals surface area contributed by atoms with Gasteiger partial charge in [-0.15, -0.1) is 47.9 Å². The number of amides is 2. The number of anilines is 1.